The zero-order valence-electron chi connectivity index (χ0n) is 12.1. The molecule has 4 heteroatoms. The van der Waals surface area contributed by atoms with E-state index in [1.165, 1.54) is 23.4 Å². The summed E-state index contributed by atoms with van der Waals surface area (Å²) in [6.45, 7) is 3.12. The maximum Gasteiger partial charge on any atom is 0.134 e. The highest BCUT2D eigenvalue weighted by molar-refractivity contribution is 7.15. The van der Waals surface area contributed by atoms with Gasteiger partial charge in [-0.3, -0.25) is 0 Å². The van der Waals surface area contributed by atoms with Crippen LogP contribution in [0, 0.1) is 0 Å². The van der Waals surface area contributed by atoms with Crippen LogP contribution in [0.3, 0.4) is 0 Å². The Morgan fingerprint density at radius 1 is 1.33 bits per heavy atom. The summed E-state index contributed by atoms with van der Waals surface area (Å²) in [5, 5.41) is 5.81. The molecule has 1 aliphatic rings. The van der Waals surface area contributed by atoms with Crippen molar-refractivity contribution in [3.63, 3.8) is 0 Å². The summed E-state index contributed by atoms with van der Waals surface area (Å²) in [5.41, 5.74) is 3.26. The summed E-state index contributed by atoms with van der Waals surface area (Å²) in [6, 6.07) is 8.88. The average molecular weight is 298 g/mol. The van der Waals surface area contributed by atoms with Crippen LogP contribution in [-0.4, -0.2) is 11.0 Å². The molecular formula is C17H18N2OS. The van der Waals surface area contributed by atoms with Gasteiger partial charge in [-0.05, 0) is 25.3 Å². The van der Waals surface area contributed by atoms with Gasteiger partial charge in [0.1, 0.15) is 16.9 Å². The first kappa shape index (κ1) is 13.0. The van der Waals surface area contributed by atoms with Crippen molar-refractivity contribution in [2.24, 2.45) is 0 Å². The van der Waals surface area contributed by atoms with E-state index in [9.17, 15) is 0 Å². The summed E-state index contributed by atoms with van der Waals surface area (Å²) in [6.07, 6.45) is 5.45. The number of nitrogens with one attached hydrogen (secondary N) is 1. The van der Waals surface area contributed by atoms with E-state index in [4.69, 9.17) is 9.40 Å². The fourth-order valence-corrected chi connectivity index (χ4v) is 3.70. The molecule has 1 aromatic carbocycles. The molecule has 2 heterocycles. The van der Waals surface area contributed by atoms with Gasteiger partial charge in [0.05, 0.1) is 11.3 Å². The van der Waals surface area contributed by atoms with Crippen molar-refractivity contribution in [2.45, 2.75) is 38.8 Å². The predicted octanol–water partition coefficient (Wildman–Crippen LogP) is 4.37. The first-order valence-corrected chi connectivity index (χ1v) is 8.35. The van der Waals surface area contributed by atoms with Crippen molar-refractivity contribution >= 4 is 22.3 Å². The molecule has 3 aromatic rings. The highest BCUT2D eigenvalue weighted by Gasteiger charge is 2.22. The zero-order valence-corrected chi connectivity index (χ0v) is 12.9. The molecule has 0 saturated heterocycles. The van der Waals surface area contributed by atoms with Crippen LogP contribution in [0.1, 0.15) is 30.3 Å². The first-order valence-electron chi connectivity index (χ1n) is 7.53. The minimum Gasteiger partial charge on any atom is -0.464 e. The minimum atomic E-state index is 0.731. The molecule has 108 valence electrons. The van der Waals surface area contributed by atoms with Crippen LogP contribution in [0.25, 0.3) is 21.5 Å². The highest BCUT2D eigenvalue weighted by atomic mass is 32.1. The molecule has 0 spiro atoms. The van der Waals surface area contributed by atoms with Gasteiger partial charge in [-0.1, -0.05) is 25.1 Å². The monoisotopic (exact) mass is 298 g/mol. The van der Waals surface area contributed by atoms with Crippen LogP contribution in [0.15, 0.2) is 34.9 Å². The van der Waals surface area contributed by atoms with Crippen molar-refractivity contribution in [3.8, 4) is 10.6 Å². The van der Waals surface area contributed by atoms with E-state index in [0.717, 1.165) is 40.5 Å². The molecule has 4 rings (SSSR count). The Hall–Kier alpha value is -1.65. The molecule has 0 aliphatic heterocycles. The summed E-state index contributed by atoms with van der Waals surface area (Å²) >= 11 is 1.79. The molecule has 0 radical (unpaired) electrons. The lowest BCUT2D eigenvalue weighted by Crippen LogP contribution is -2.15. The number of hydrogen-bond acceptors (Lipinski definition) is 4. The Bertz CT molecular complexity index is 770. The molecule has 2 aromatic heterocycles. The second-order valence-electron chi connectivity index (χ2n) is 5.54. The van der Waals surface area contributed by atoms with Crippen LogP contribution in [0.4, 0.5) is 0 Å². The van der Waals surface area contributed by atoms with E-state index in [0.29, 0.717) is 0 Å². The topological polar surface area (TPSA) is 38.1 Å². The van der Waals surface area contributed by atoms with Gasteiger partial charge in [-0.25, -0.2) is 4.98 Å². The van der Waals surface area contributed by atoms with Gasteiger partial charge in [-0.15, -0.1) is 11.3 Å². The van der Waals surface area contributed by atoms with Gasteiger partial charge in [0.2, 0.25) is 0 Å². The summed E-state index contributed by atoms with van der Waals surface area (Å²) in [5.74, 6) is 0. The van der Waals surface area contributed by atoms with Crippen LogP contribution in [0.2, 0.25) is 0 Å². The number of fused-ring (bicyclic) bond motifs is 1. The summed E-state index contributed by atoms with van der Waals surface area (Å²) in [7, 11) is 0. The van der Waals surface area contributed by atoms with Crippen LogP contribution < -0.4 is 5.32 Å². The van der Waals surface area contributed by atoms with Gasteiger partial charge in [-0.2, -0.15) is 0 Å². The molecule has 1 aliphatic carbocycles. The quantitative estimate of drug-likeness (QED) is 0.760. The third-order valence-electron chi connectivity index (χ3n) is 3.95. The van der Waals surface area contributed by atoms with E-state index in [2.05, 4.69) is 18.3 Å². The van der Waals surface area contributed by atoms with Gasteiger partial charge in [0.25, 0.3) is 0 Å². The van der Waals surface area contributed by atoms with Gasteiger partial charge >= 0.3 is 0 Å². The van der Waals surface area contributed by atoms with Crippen LogP contribution in [0.5, 0.6) is 0 Å². The van der Waals surface area contributed by atoms with E-state index in [1.54, 1.807) is 11.3 Å². The standard InChI is InChI=1S/C17H18N2OS/c1-2-14-16(9-18-11-7-8-11)21-17(19-14)13-10-20-15-6-4-3-5-12(13)15/h3-6,10-11,18H,2,7-9H2,1H3. The smallest absolute Gasteiger partial charge is 0.134 e. The van der Waals surface area contributed by atoms with Gasteiger partial charge < -0.3 is 9.73 Å². The second kappa shape index (κ2) is 5.28. The molecule has 21 heavy (non-hydrogen) atoms. The van der Waals surface area contributed by atoms with Gasteiger partial charge in [0.15, 0.2) is 0 Å². The average Bonchev–Trinajstić information content (AvgIpc) is 3.10. The number of aromatic nitrogens is 1. The lowest BCUT2D eigenvalue weighted by Gasteiger charge is -2.00. The fourth-order valence-electron chi connectivity index (χ4n) is 2.58. The maximum atomic E-state index is 5.65. The predicted molar refractivity (Wildman–Crippen MR) is 86.6 cm³/mol. The van der Waals surface area contributed by atoms with Crippen molar-refractivity contribution in [3.05, 3.63) is 41.1 Å². The van der Waals surface area contributed by atoms with Crippen molar-refractivity contribution in [2.75, 3.05) is 0 Å². The minimum absolute atomic E-state index is 0.731. The Morgan fingerprint density at radius 3 is 3.00 bits per heavy atom. The number of aryl methyl sites for hydroxylation is 1. The van der Waals surface area contributed by atoms with E-state index in [1.807, 2.05) is 24.5 Å². The number of rotatable bonds is 5. The SMILES string of the molecule is CCc1nc(-c2coc3ccccc23)sc1CNC1CC1. The Balaban J connectivity index is 1.70. The number of para-hydroxylation sites is 1. The van der Waals surface area contributed by atoms with E-state index in [-0.39, 0.29) is 0 Å². The number of nitrogens with zero attached hydrogens (tertiary/aromatic N) is 1. The maximum absolute atomic E-state index is 5.65. The molecule has 0 amide bonds. The molecule has 0 unspecified atom stereocenters. The van der Waals surface area contributed by atoms with Crippen molar-refractivity contribution in [1.29, 1.82) is 0 Å². The van der Waals surface area contributed by atoms with Crippen molar-refractivity contribution in [1.82, 2.24) is 10.3 Å². The summed E-state index contributed by atoms with van der Waals surface area (Å²) in [4.78, 5) is 6.20. The second-order valence-corrected chi connectivity index (χ2v) is 6.63. The van der Waals surface area contributed by atoms with Crippen LogP contribution >= 0.6 is 11.3 Å². The number of benzene rings is 1. The van der Waals surface area contributed by atoms with Crippen LogP contribution in [-0.2, 0) is 13.0 Å². The third kappa shape index (κ3) is 2.49. The molecule has 1 fully saturated rings. The third-order valence-corrected chi connectivity index (χ3v) is 5.08. The normalized spacial score (nSPS) is 14.9. The lowest BCUT2D eigenvalue weighted by atomic mass is 10.2. The molecule has 1 saturated carbocycles. The van der Waals surface area contributed by atoms with E-state index >= 15 is 0 Å². The molecule has 3 nitrogen and oxygen atoms in total. The largest absolute Gasteiger partial charge is 0.464 e. The zero-order chi connectivity index (χ0) is 14.2. The Labute approximate surface area is 128 Å². The van der Waals surface area contributed by atoms with Gasteiger partial charge in [0, 0.05) is 22.8 Å². The molecule has 1 N–H and O–H groups in total. The summed E-state index contributed by atoms with van der Waals surface area (Å²) < 4.78 is 5.65. The molecule has 0 atom stereocenters. The number of thiazole rings is 1. The lowest BCUT2D eigenvalue weighted by molar-refractivity contribution is 0.617. The van der Waals surface area contributed by atoms with Crippen molar-refractivity contribution < 1.29 is 4.42 Å². The molecular weight excluding hydrogens is 280 g/mol. The fraction of sp³-hybridized carbons (Fsp3) is 0.353. The Morgan fingerprint density at radius 2 is 2.19 bits per heavy atom. The Kier molecular flexibility index (Phi) is 3.28. The van der Waals surface area contributed by atoms with E-state index < -0.39 is 0 Å². The highest BCUT2D eigenvalue weighted by Crippen LogP contribution is 2.35. The molecule has 0 bridgehead atoms. The number of hydrogen-bond donors (Lipinski definition) is 1. The first-order chi connectivity index (χ1) is 10.3. The number of furan rings is 1.